The summed E-state index contributed by atoms with van der Waals surface area (Å²) in [6.07, 6.45) is 0. The van der Waals surface area contributed by atoms with Crippen molar-refractivity contribution in [2.45, 2.75) is 0 Å². The first kappa shape index (κ1) is 17.9. The molecule has 0 bridgehead atoms. The number of halogens is 2. The highest BCUT2D eigenvalue weighted by molar-refractivity contribution is 6.45. The molecule has 0 aliphatic heterocycles. The number of nitrogens with zero attached hydrogens (tertiary/aromatic N) is 2. The molecule has 2 aromatic rings. The Hall–Kier alpha value is -3.44. The van der Waals surface area contributed by atoms with Crippen molar-refractivity contribution in [1.29, 1.82) is 10.7 Å². The first-order valence-corrected chi connectivity index (χ1v) is 7.23. The van der Waals surface area contributed by atoms with Crippen LogP contribution in [0.15, 0.2) is 47.6 Å². The molecule has 126 valence electrons. The number of hydrazone groups is 1. The largest absolute Gasteiger partial charge is 0.382 e. The van der Waals surface area contributed by atoms with E-state index in [1.165, 1.54) is 36.4 Å². The van der Waals surface area contributed by atoms with E-state index in [9.17, 15) is 9.18 Å². The smallest absolute Gasteiger partial charge is 0.257 e. The Morgan fingerprint density at radius 1 is 1.32 bits per heavy atom. The molecule has 0 saturated carbocycles. The summed E-state index contributed by atoms with van der Waals surface area (Å²) >= 11 is 5.92. The standard InChI is InChI=1S/C16H12ClFN6O/c17-9-4-5-13(23-24-14(8-19)15(20)21)12(6-9)16(25)22-11-3-1-2-10(18)7-11/h1-7,23H,(H3,20,21)(H,22,25)/b24-14+. The molecular formula is C16H12ClFN6O. The van der Waals surface area contributed by atoms with Crippen LogP contribution >= 0.6 is 11.6 Å². The van der Waals surface area contributed by atoms with Crippen LogP contribution in [-0.2, 0) is 0 Å². The summed E-state index contributed by atoms with van der Waals surface area (Å²) in [6.45, 7) is 0. The molecule has 2 aromatic carbocycles. The van der Waals surface area contributed by atoms with Crippen LogP contribution in [0.3, 0.4) is 0 Å². The van der Waals surface area contributed by atoms with Crippen LogP contribution in [0.1, 0.15) is 10.4 Å². The monoisotopic (exact) mass is 358 g/mol. The van der Waals surface area contributed by atoms with Crippen molar-refractivity contribution in [3.63, 3.8) is 0 Å². The van der Waals surface area contributed by atoms with Gasteiger partial charge < -0.3 is 11.1 Å². The molecule has 0 saturated heterocycles. The molecule has 0 heterocycles. The fourth-order valence-electron chi connectivity index (χ4n) is 1.83. The third-order valence-corrected chi connectivity index (χ3v) is 3.19. The highest BCUT2D eigenvalue weighted by atomic mass is 35.5. The number of benzene rings is 2. The van der Waals surface area contributed by atoms with Gasteiger partial charge in [0, 0.05) is 10.7 Å². The van der Waals surface area contributed by atoms with E-state index < -0.39 is 17.6 Å². The van der Waals surface area contributed by atoms with Crippen molar-refractivity contribution >= 4 is 40.4 Å². The van der Waals surface area contributed by atoms with Gasteiger partial charge in [-0.25, -0.2) is 4.39 Å². The highest BCUT2D eigenvalue weighted by Crippen LogP contribution is 2.22. The van der Waals surface area contributed by atoms with E-state index in [-0.39, 0.29) is 22.6 Å². The zero-order valence-electron chi connectivity index (χ0n) is 12.7. The number of amides is 1. The van der Waals surface area contributed by atoms with E-state index in [4.69, 9.17) is 28.0 Å². The van der Waals surface area contributed by atoms with Crippen molar-refractivity contribution in [2.24, 2.45) is 10.8 Å². The number of rotatable bonds is 5. The van der Waals surface area contributed by atoms with Gasteiger partial charge in [0.05, 0.1) is 11.3 Å². The van der Waals surface area contributed by atoms with Crippen LogP contribution in [0.2, 0.25) is 5.02 Å². The predicted octanol–water partition coefficient (Wildman–Crippen LogP) is 2.96. The minimum absolute atomic E-state index is 0.112. The minimum atomic E-state index is -0.563. The highest BCUT2D eigenvalue weighted by Gasteiger charge is 2.13. The molecule has 0 fully saturated rings. The lowest BCUT2D eigenvalue weighted by atomic mass is 10.1. The van der Waals surface area contributed by atoms with E-state index in [0.717, 1.165) is 6.07 Å². The Bertz CT molecular complexity index is 906. The Kier molecular flexibility index (Phi) is 5.66. The van der Waals surface area contributed by atoms with Gasteiger partial charge in [0.25, 0.3) is 5.91 Å². The maximum atomic E-state index is 13.2. The molecule has 0 radical (unpaired) electrons. The number of carbonyl (C=O) groups is 1. The summed E-state index contributed by atoms with van der Waals surface area (Å²) in [5, 5.41) is 22.6. The van der Waals surface area contributed by atoms with Gasteiger partial charge >= 0.3 is 0 Å². The number of hydrogen-bond acceptors (Lipinski definition) is 5. The molecule has 1 amide bonds. The SMILES string of the molecule is N#C/C(=N\Nc1ccc(Cl)cc1C(=O)Nc1cccc(F)c1)C(=N)N. The number of nitrogens with two attached hydrogens (primary N) is 1. The van der Waals surface area contributed by atoms with Crippen molar-refractivity contribution in [2.75, 3.05) is 10.7 Å². The fraction of sp³-hybridized carbons (Fsp3) is 0. The van der Waals surface area contributed by atoms with E-state index in [0.29, 0.717) is 5.02 Å². The second kappa shape index (κ2) is 7.90. The van der Waals surface area contributed by atoms with Crippen molar-refractivity contribution in [3.05, 3.63) is 58.9 Å². The van der Waals surface area contributed by atoms with Crippen molar-refractivity contribution < 1.29 is 9.18 Å². The lowest BCUT2D eigenvalue weighted by molar-refractivity contribution is 0.102. The quantitative estimate of drug-likeness (QED) is 0.372. The van der Waals surface area contributed by atoms with Crippen LogP contribution in [-0.4, -0.2) is 17.5 Å². The van der Waals surface area contributed by atoms with Crippen LogP contribution in [0.4, 0.5) is 15.8 Å². The summed E-state index contributed by atoms with van der Waals surface area (Å²) in [5.41, 5.74) is 7.97. The van der Waals surface area contributed by atoms with Crippen molar-refractivity contribution in [3.8, 4) is 6.07 Å². The fourth-order valence-corrected chi connectivity index (χ4v) is 2.00. The summed E-state index contributed by atoms with van der Waals surface area (Å²) in [5.74, 6) is -1.58. The molecule has 2 rings (SSSR count). The molecule has 0 aliphatic carbocycles. The first-order chi connectivity index (χ1) is 11.9. The van der Waals surface area contributed by atoms with Gasteiger partial charge in [-0.2, -0.15) is 10.4 Å². The van der Waals surface area contributed by atoms with Gasteiger partial charge in [-0.05, 0) is 36.4 Å². The van der Waals surface area contributed by atoms with E-state index in [1.807, 2.05) is 0 Å². The average Bonchev–Trinajstić information content (AvgIpc) is 2.56. The number of nitriles is 1. The second-order valence-electron chi connectivity index (χ2n) is 4.75. The molecule has 0 spiro atoms. The Morgan fingerprint density at radius 2 is 2.08 bits per heavy atom. The molecule has 0 aliphatic rings. The third-order valence-electron chi connectivity index (χ3n) is 2.96. The molecule has 0 atom stereocenters. The number of nitrogens with one attached hydrogen (secondary N) is 3. The summed E-state index contributed by atoms with van der Waals surface area (Å²) in [4.78, 5) is 12.4. The zero-order chi connectivity index (χ0) is 18.4. The van der Waals surface area contributed by atoms with Gasteiger partial charge in [-0.15, -0.1) is 0 Å². The zero-order valence-corrected chi connectivity index (χ0v) is 13.4. The van der Waals surface area contributed by atoms with Gasteiger partial charge in [-0.3, -0.25) is 15.6 Å². The summed E-state index contributed by atoms with van der Waals surface area (Å²) in [7, 11) is 0. The Labute approximate surface area is 147 Å². The molecule has 9 heteroatoms. The van der Waals surface area contributed by atoms with Crippen LogP contribution in [0, 0.1) is 22.6 Å². The van der Waals surface area contributed by atoms with E-state index in [1.54, 1.807) is 6.07 Å². The molecule has 5 N–H and O–H groups in total. The maximum absolute atomic E-state index is 13.2. The number of amidine groups is 1. The number of hydrogen-bond donors (Lipinski definition) is 4. The Morgan fingerprint density at radius 3 is 2.72 bits per heavy atom. The second-order valence-corrected chi connectivity index (χ2v) is 5.19. The Balaban J connectivity index is 2.30. The van der Waals surface area contributed by atoms with Crippen LogP contribution in [0.5, 0.6) is 0 Å². The topological polar surface area (TPSA) is 127 Å². The van der Waals surface area contributed by atoms with Gasteiger partial charge in [0.15, 0.2) is 5.84 Å². The lowest BCUT2D eigenvalue weighted by Gasteiger charge is -2.10. The first-order valence-electron chi connectivity index (χ1n) is 6.85. The van der Waals surface area contributed by atoms with Crippen LogP contribution in [0.25, 0.3) is 0 Å². The van der Waals surface area contributed by atoms with Crippen LogP contribution < -0.4 is 16.5 Å². The summed E-state index contributed by atoms with van der Waals surface area (Å²) < 4.78 is 13.2. The van der Waals surface area contributed by atoms with Crippen molar-refractivity contribution in [1.82, 2.24) is 0 Å². The molecule has 25 heavy (non-hydrogen) atoms. The lowest BCUT2D eigenvalue weighted by Crippen LogP contribution is -2.22. The molecule has 0 aromatic heterocycles. The minimum Gasteiger partial charge on any atom is -0.382 e. The average molecular weight is 359 g/mol. The van der Waals surface area contributed by atoms with Gasteiger partial charge in [-0.1, -0.05) is 17.7 Å². The number of anilines is 2. The molecule has 7 nitrogen and oxygen atoms in total. The normalized spacial score (nSPS) is 10.7. The predicted molar refractivity (Wildman–Crippen MR) is 94.4 cm³/mol. The van der Waals surface area contributed by atoms with Gasteiger partial charge in [0.1, 0.15) is 11.9 Å². The van der Waals surface area contributed by atoms with E-state index >= 15 is 0 Å². The maximum Gasteiger partial charge on any atom is 0.257 e. The summed E-state index contributed by atoms with van der Waals surface area (Å²) in [6, 6.07) is 11.4. The number of carbonyl (C=O) groups excluding carboxylic acids is 1. The molecule has 0 unspecified atom stereocenters. The molecular weight excluding hydrogens is 347 g/mol. The van der Waals surface area contributed by atoms with Gasteiger partial charge in [0.2, 0.25) is 5.71 Å². The third kappa shape index (κ3) is 4.76. The van der Waals surface area contributed by atoms with E-state index in [2.05, 4.69) is 15.8 Å².